The summed E-state index contributed by atoms with van der Waals surface area (Å²) in [6.45, 7) is 3.43. The van der Waals surface area contributed by atoms with E-state index >= 15 is 0 Å². The Labute approximate surface area is 107 Å². The standard InChI is InChI=1S/C6H15NO3.C3H8O4S/c8-4-1-7(2-5-9)3-6-10;1-2-3-8(5,6)7-4/h8-10H,1-6H2;4H,2-3H2,1H3. The van der Waals surface area contributed by atoms with Crippen molar-refractivity contribution in [2.24, 2.45) is 0 Å². The fourth-order valence-corrected chi connectivity index (χ4v) is 1.62. The van der Waals surface area contributed by atoms with Crippen LogP contribution in [0, 0.1) is 0 Å². The van der Waals surface area contributed by atoms with Crippen molar-refractivity contribution < 1.29 is 33.3 Å². The molecule has 0 amide bonds. The summed E-state index contributed by atoms with van der Waals surface area (Å²) in [5, 5.41) is 33.1. The Morgan fingerprint density at radius 1 is 1.00 bits per heavy atom. The van der Waals surface area contributed by atoms with Crippen LogP contribution < -0.4 is 0 Å². The summed E-state index contributed by atoms with van der Waals surface area (Å²) in [7, 11) is -3.61. The fourth-order valence-electron chi connectivity index (χ4n) is 1.05. The molecular weight excluding hydrogens is 266 g/mol. The van der Waals surface area contributed by atoms with Crippen LogP contribution in [0.25, 0.3) is 0 Å². The van der Waals surface area contributed by atoms with Crippen LogP contribution in [0.15, 0.2) is 0 Å². The largest absolute Gasteiger partial charge is 0.395 e. The molecule has 0 saturated carbocycles. The van der Waals surface area contributed by atoms with Gasteiger partial charge in [-0.1, -0.05) is 6.92 Å². The number of aliphatic hydroxyl groups excluding tert-OH is 3. The summed E-state index contributed by atoms with van der Waals surface area (Å²) in [5.41, 5.74) is 0. The van der Waals surface area contributed by atoms with Crippen molar-refractivity contribution >= 4 is 10.1 Å². The van der Waals surface area contributed by atoms with Gasteiger partial charge in [0.15, 0.2) is 0 Å². The van der Waals surface area contributed by atoms with Crippen LogP contribution in [0.5, 0.6) is 0 Å². The van der Waals surface area contributed by atoms with Crippen LogP contribution >= 0.6 is 0 Å². The lowest BCUT2D eigenvalue weighted by molar-refractivity contribution is -0.130. The zero-order chi connectivity index (χ0) is 14.4. The quantitative estimate of drug-likeness (QED) is 0.298. The summed E-state index contributed by atoms with van der Waals surface area (Å²) in [6.07, 6.45) is 0.447. The number of hydrogen-bond acceptors (Lipinski definition) is 8. The lowest BCUT2D eigenvalue weighted by Crippen LogP contribution is -2.32. The summed E-state index contributed by atoms with van der Waals surface area (Å²) in [6, 6.07) is 0. The zero-order valence-electron chi connectivity index (χ0n) is 10.5. The molecule has 0 bridgehead atoms. The first kappa shape index (κ1) is 20.0. The molecule has 0 aromatic heterocycles. The molecule has 0 fully saturated rings. The Balaban J connectivity index is 0. The molecule has 0 rings (SSSR count). The average Bonchev–Trinajstić information content (AvgIpc) is 2.31. The Morgan fingerprint density at radius 2 is 1.39 bits per heavy atom. The molecule has 112 valence electrons. The number of nitrogens with zero attached hydrogens (tertiary/aromatic N) is 1. The molecule has 0 aliphatic heterocycles. The highest BCUT2D eigenvalue weighted by Crippen LogP contribution is 1.90. The van der Waals surface area contributed by atoms with Crippen molar-refractivity contribution in [2.75, 3.05) is 45.2 Å². The molecule has 0 aromatic rings. The van der Waals surface area contributed by atoms with E-state index in [1.165, 1.54) is 0 Å². The van der Waals surface area contributed by atoms with Gasteiger partial charge in [-0.2, -0.15) is 8.42 Å². The molecule has 9 heteroatoms. The van der Waals surface area contributed by atoms with E-state index in [4.69, 9.17) is 20.6 Å². The molecule has 0 atom stereocenters. The molecule has 0 heterocycles. The average molecular weight is 289 g/mol. The second-order valence-corrected chi connectivity index (χ2v) is 5.02. The van der Waals surface area contributed by atoms with Gasteiger partial charge in [-0.3, -0.25) is 4.90 Å². The van der Waals surface area contributed by atoms with Crippen LogP contribution in [-0.4, -0.2) is 79.1 Å². The Kier molecular flexibility index (Phi) is 14.6. The SMILES string of the molecule is CCCS(=O)(=O)OO.OCCN(CCO)CCO. The minimum absolute atomic E-state index is 0.0694. The number of rotatable bonds is 9. The molecule has 4 N–H and O–H groups in total. The first-order valence-electron chi connectivity index (χ1n) is 5.58. The lowest BCUT2D eigenvalue weighted by Gasteiger charge is -2.17. The third-order valence-electron chi connectivity index (χ3n) is 1.82. The van der Waals surface area contributed by atoms with Gasteiger partial charge in [0.25, 0.3) is 10.1 Å². The molecule has 0 unspecified atom stereocenters. The monoisotopic (exact) mass is 289 g/mol. The molecule has 0 aromatic carbocycles. The minimum atomic E-state index is -3.61. The fraction of sp³-hybridized carbons (Fsp3) is 1.00. The second-order valence-electron chi connectivity index (χ2n) is 3.35. The van der Waals surface area contributed by atoms with Crippen LogP contribution in [0.2, 0.25) is 0 Å². The highest BCUT2D eigenvalue weighted by Gasteiger charge is 2.06. The third-order valence-corrected chi connectivity index (χ3v) is 2.95. The highest BCUT2D eigenvalue weighted by molar-refractivity contribution is 7.86. The Hall–Kier alpha value is -0.290. The van der Waals surface area contributed by atoms with E-state index in [9.17, 15) is 8.42 Å². The van der Waals surface area contributed by atoms with E-state index in [0.717, 1.165) is 0 Å². The van der Waals surface area contributed by atoms with Gasteiger partial charge in [-0.15, -0.1) is 4.33 Å². The number of aliphatic hydroxyl groups is 3. The van der Waals surface area contributed by atoms with Gasteiger partial charge in [-0.05, 0) is 6.42 Å². The minimum Gasteiger partial charge on any atom is -0.395 e. The molecular formula is C9H23NO7S. The molecule has 0 saturated heterocycles. The first-order valence-corrected chi connectivity index (χ1v) is 7.15. The van der Waals surface area contributed by atoms with Crippen molar-refractivity contribution in [1.82, 2.24) is 4.90 Å². The Bertz CT molecular complexity index is 243. The molecule has 0 aliphatic rings. The molecule has 0 radical (unpaired) electrons. The maximum absolute atomic E-state index is 10.1. The first-order chi connectivity index (χ1) is 8.47. The van der Waals surface area contributed by atoms with Crippen LogP contribution in [0.4, 0.5) is 0 Å². The molecule has 8 nitrogen and oxygen atoms in total. The van der Waals surface area contributed by atoms with Crippen LogP contribution in [0.3, 0.4) is 0 Å². The van der Waals surface area contributed by atoms with Gasteiger partial charge in [-0.25, -0.2) is 5.26 Å². The summed E-state index contributed by atoms with van der Waals surface area (Å²) in [5.74, 6) is -0.135. The summed E-state index contributed by atoms with van der Waals surface area (Å²) >= 11 is 0. The van der Waals surface area contributed by atoms with E-state index < -0.39 is 10.1 Å². The third kappa shape index (κ3) is 13.8. The van der Waals surface area contributed by atoms with Crippen molar-refractivity contribution in [3.05, 3.63) is 0 Å². The van der Waals surface area contributed by atoms with Crippen molar-refractivity contribution in [3.63, 3.8) is 0 Å². The summed E-state index contributed by atoms with van der Waals surface area (Å²) in [4.78, 5) is 1.79. The topological polar surface area (TPSA) is 128 Å². The van der Waals surface area contributed by atoms with Gasteiger partial charge in [0.1, 0.15) is 0 Å². The predicted molar refractivity (Wildman–Crippen MR) is 65.5 cm³/mol. The molecule has 0 spiro atoms. The summed E-state index contributed by atoms with van der Waals surface area (Å²) < 4.78 is 23.4. The van der Waals surface area contributed by atoms with Crippen molar-refractivity contribution in [1.29, 1.82) is 0 Å². The Morgan fingerprint density at radius 3 is 1.56 bits per heavy atom. The van der Waals surface area contributed by atoms with Gasteiger partial charge >= 0.3 is 0 Å². The lowest BCUT2D eigenvalue weighted by atomic mass is 10.4. The van der Waals surface area contributed by atoms with E-state index in [2.05, 4.69) is 4.33 Å². The van der Waals surface area contributed by atoms with Gasteiger partial charge in [0.05, 0.1) is 25.6 Å². The zero-order valence-corrected chi connectivity index (χ0v) is 11.3. The maximum Gasteiger partial charge on any atom is 0.293 e. The highest BCUT2D eigenvalue weighted by atomic mass is 32.2. The molecule has 0 aliphatic carbocycles. The van der Waals surface area contributed by atoms with Crippen LogP contribution in [0.1, 0.15) is 13.3 Å². The second kappa shape index (κ2) is 13.1. The van der Waals surface area contributed by atoms with E-state index in [0.29, 0.717) is 26.1 Å². The van der Waals surface area contributed by atoms with Crippen molar-refractivity contribution in [2.45, 2.75) is 13.3 Å². The normalized spacial score (nSPS) is 11.2. The van der Waals surface area contributed by atoms with E-state index in [-0.39, 0.29) is 25.6 Å². The van der Waals surface area contributed by atoms with E-state index in [1.54, 1.807) is 11.8 Å². The maximum atomic E-state index is 10.1. The smallest absolute Gasteiger partial charge is 0.293 e. The molecule has 18 heavy (non-hydrogen) atoms. The van der Waals surface area contributed by atoms with Crippen LogP contribution in [-0.2, 0) is 14.5 Å². The predicted octanol–water partition coefficient (Wildman–Crippen LogP) is -1.52. The van der Waals surface area contributed by atoms with E-state index in [1.807, 2.05) is 0 Å². The number of hydrogen-bond donors (Lipinski definition) is 4. The van der Waals surface area contributed by atoms with Gasteiger partial charge in [0.2, 0.25) is 0 Å². The van der Waals surface area contributed by atoms with Crippen molar-refractivity contribution in [3.8, 4) is 0 Å². The van der Waals surface area contributed by atoms with Gasteiger partial charge in [0, 0.05) is 19.6 Å². The van der Waals surface area contributed by atoms with Gasteiger partial charge < -0.3 is 15.3 Å².